The summed E-state index contributed by atoms with van der Waals surface area (Å²) in [5, 5.41) is 14.4. The average Bonchev–Trinajstić information content (AvgIpc) is 2.69. The van der Waals surface area contributed by atoms with Gasteiger partial charge in [-0.1, -0.05) is 36.4 Å². The molecule has 2 aromatic carbocycles. The quantitative estimate of drug-likeness (QED) is 0.268. The molecule has 0 saturated carbocycles. The first kappa shape index (κ1) is 24.0. The maximum atomic E-state index is 12.8. The van der Waals surface area contributed by atoms with Crippen LogP contribution in [0.2, 0.25) is 0 Å². The van der Waals surface area contributed by atoms with Gasteiger partial charge in [-0.25, -0.2) is 4.79 Å². The topological polar surface area (TPSA) is 125 Å². The Balaban J connectivity index is 2.21. The molecule has 0 spiro atoms. The number of esters is 1. The summed E-state index contributed by atoms with van der Waals surface area (Å²) < 4.78 is 5.48. The van der Waals surface area contributed by atoms with Crippen molar-refractivity contribution in [1.29, 1.82) is 0 Å². The van der Waals surface area contributed by atoms with E-state index < -0.39 is 28.6 Å². The largest absolute Gasteiger partial charge is 0.458 e. The first-order valence-corrected chi connectivity index (χ1v) is 10.1. The van der Waals surface area contributed by atoms with Crippen LogP contribution >= 0.6 is 0 Å². The molecule has 0 aliphatic heterocycles. The van der Waals surface area contributed by atoms with Crippen molar-refractivity contribution >= 4 is 23.1 Å². The van der Waals surface area contributed by atoms with Crippen LogP contribution in [0.3, 0.4) is 0 Å². The Morgan fingerprint density at radius 3 is 2.35 bits per heavy atom. The predicted molar refractivity (Wildman–Crippen MR) is 119 cm³/mol. The van der Waals surface area contributed by atoms with Gasteiger partial charge in [0, 0.05) is 11.6 Å². The summed E-state index contributed by atoms with van der Waals surface area (Å²) in [7, 11) is 0. The van der Waals surface area contributed by atoms with Gasteiger partial charge in [-0.3, -0.25) is 14.9 Å². The van der Waals surface area contributed by atoms with E-state index in [0.29, 0.717) is 5.56 Å². The Morgan fingerprint density at radius 1 is 1.13 bits per heavy atom. The molecule has 0 aliphatic carbocycles. The van der Waals surface area contributed by atoms with Crippen molar-refractivity contribution in [1.82, 2.24) is 0 Å². The van der Waals surface area contributed by atoms with Gasteiger partial charge in [0.15, 0.2) is 5.78 Å². The van der Waals surface area contributed by atoms with Crippen LogP contribution in [0.5, 0.6) is 0 Å². The maximum absolute atomic E-state index is 12.8. The van der Waals surface area contributed by atoms with E-state index in [2.05, 4.69) is 5.32 Å². The first-order valence-electron chi connectivity index (χ1n) is 10.1. The van der Waals surface area contributed by atoms with Crippen molar-refractivity contribution in [3.63, 3.8) is 0 Å². The molecule has 31 heavy (non-hydrogen) atoms. The number of nitro benzene ring substituents is 1. The molecule has 2 atom stereocenters. The Labute approximate surface area is 181 Å². The second-order valence-electron chi connectivity index (χ2n) is 8.42. The van der Waals surface area contributed by atoms with Gasteiger partial charge in [0.2, 0.25) is 0 Å². The Bertz CT molecular complexity index is 938. The number of Topliss-reactive ketones (excluding diaryl/α,β-unsaturated/α-hetero) is 1. The molecule has 0 radical (unpaired) electrons. The third kappa shape index (κ3) is 7.18. The second-order valence-corrected chi connectivity index (χ2v) is 8.42. The van der Waals surface area contributed by atoms with Crippen LogP contribution in [-0.4, -0.2) is 34.4 Å². The fourth-order valence-electron chi connectivity index (χ4n) is 3.03. The molecule has 0 aromatic heterocycles. The molecule has 0 saturated heterocycles. The summed E-state index contributed by atoms with van der Waals surface area (Å²) in [6.07, 6.45) is 0.365. The zero-order chi connectivity index (χ0) is 23.2. The molecule has 8 heteroatoms. The van der Waals surface area contributed by atoms with Crippen molar-refractivity contribution in [3.8, 4) is 0 Å². The molecule has 8 nitrogen and oxygen atoms in total. The van der Waals surface area contributed by atoms with Gasteiger partial charge >= 0.3 is 5.97 Å². The minimum Gasteiger partial charge on any atom is -0.458 e. The lowest BCUT2D eigenvalue weighted by molar-refractivity contribution is -0.384. The summed E-state index contributed by atoms with van der Waals surface area (Å²) in [5.74, 6) is -0.798. The monoisotopic (exact) mass is 427 g/mol. The highest BCUT2D eigenvalue weighted by Gasteiger charge is 2.29. The van der Waals surface area contributed by atoms with Gasteiger partial charge < -0.3 is 15.8 Å². The van der Waals surface area contributed by atoms with Crippen LogP contribution in [0.1, 0.15) is 49.5 Å². The minimum absolute atomic E-state index is 0.149. The van der Waals surface area contributed by atoms with E-state index in [1.54, 1.807) is 70.2 Å². The van der Waals surface area contributed by atoms with Crippen LogP contribution in [0.4, 0.5) is 11.4 Å². The van der Waals surface area contributed by atoms with E-state index in [4.69, 9.17) is 10.5 Å². The van der Waals surface area contributed by atoms with E-state index >= 15 is 0 Å². The first-order chi connectivity index (χ1) is 14.5. The standard InChI is InChI=1S/C23H29N3O5/c1-15-10-13-20(26(29)30)19(14-15)25-18(22(28)31-23(2,3)4)12-11-17(24)21(27)16-8-6-5-7-9-16/h5-10,13-14,17-18,25H,11-12,24H2,1-4H3. The number of nitrogens with one attached hydrogen (secondary N) is 1. The SMILES string of the molecule is Cc1ccc([N+](=O)[O-])c(NC(CCC(N)C(=O)c2ccccc2)C(=O)OC(C)(C)C)c1. The molecule has 0 fully saturated rings. The molecule has 0 aliphatic rings. The van der Waals surface area contributed by atoms with Crippen molar-refractivity contribution in [2.75, 3.05) is 5.32 Å². The van der Waals surface area contributed by atoms with Crippen molar-refractivity contribution in [2.24, 2.45) is 5.73 Å². The van der Waals surface area contributed by atoms with Gasteiger partial charge in [-0.05, 0) is 52.2 Å². The smallest absolute Gasteiger partial charge is 0.329 e. The number of rotatable bonds is 9. The fourth-order valence-corrected chi connectivity index (χ4v) is 3.03. The highest BCUT2D eigenvalue weighted by Crippen LogP contribution is 2.27. The zero-order valence-electron chi connectivity index (χ0n) is 18.3. The number of nitrogens with zero attached hydrogens (tertiary/aromatic N) is 1. The number of anilines is 1. The maximum Gasteiger partial charge on any atom is 0.329 e. The molecule has 3 N–H and O–H groups in total. The Kier molecular flexibility index (Phi) is 7.88. The highest BCUT2D eigenvalue weighted by atomic mass is 16.6. The summed E-state index contributed by atoms with van der Waals surface area (Å²) in [5.41, 5.74) is 6.70. The molecule has 166 valence electrons. The van der Waals surface area contributed by atoms with Gasteiger partial charge in [0.1, 0.15) is 17.3 Å². The van der Waals surface area contributed by atoms with Gasteiger partial charge in [0.25, 0.3) is 5.69 Å². The third-order valence-corrected chi connectivity index (χ3v) is 4.53. The lowest BCUT2D eigenvalue weighted by Crippen LogP contribution is -2.39. The summed E-state index contributed by atoms with van der Waals surface area (Å²) in [4.78, 5) is 36.2. The van der Waals surface area contributed by atoms with Crippen LogP contribution in [-0.2, 0) is 9.53 Å². The lowest BCUT2D eigenvalue weighted by atomic mass is 9.98. The summed E-state index contributed by atoms with van der Waals surface area (Å²) in [6, 6.07) is 11.6. The number of carbonyl (C=O) groups is 2. The van der Waals surface area contributed by atoms with E-state index in [9.17, 15) is 19.7 Å². The number of hydrogen-bond acceptors (Lipinski definition) is 7. The fraction of sp³-hybridized carbons (Fsp3) is 0.391. The molecule has 0 heterocycles. The Morgan fingerprint density at radius 2 is 1.77 bits per heavy atom. The molecule has 2 aromatic rings. The van der Waals surface area contributed by atoms with Gasteiger partial charge in [-0.2, -0.15) is 0 Å². The van der Waals surface area contributed by atoms with Crippen molar-refractivity contribution in [2.45, 2.75) is 58.2 Å². The molecule has 0 bridgehead atoms. The van der Waals surface area contributed by atoms with E-state index in [-0.39, 0.29) is 30.0 Å². The number of nitro groups is 1. The number of nitrogens with two attached hydrogens (primary N) is 1. The van der Waals surface area contributed by atoms with E-state index in [0.717, 1.165) is 5.56 Å². The molecule has 2 rings (SSSR count). The second kappa shape index (κ2) is 10.2. The van der Waals surface area contributed by atoms with Gasteiger partial charge in [0.05, 0.1) is 11.0 Å². The van der Waals surface area contributed by atoms with Crippen LogP contribution in [0.25, 0.3) is 0 Å². The number of ketones is 1. The van der Waals surface area contributed by atoms with E-state index in [1.165, 1.54) is 6.07 Å². The number of aryl methyl sites for hydroxylation is 1. The normalized spacial score (nSPS) is 13.2. The van der Waals surface area contributed by atoms with Crippen molar-refractivity contribution in [3.05, 3.63) is 69.8 Å². The third-order valence-electron chi connectivity index (χ3n) is 4.53. The molecule has 2 unspecified atom stereocenters. The van der Waals surface area contributed by atoms with Crippen molar-refractivity contribution < 1.29 is 19.2 Å². The van der Waals surface area contributed by atoms with Gasteiger partial charge in [-0.15, -0.1) is 0 Å². The summed E-state index contributed by atoms with van der Waals surface area (Å²) >= 11 is 0. The van der Waals surface area contributed by atoms with Crippen LogP contribution in [0, 0.1) is 17.0 Å². The number of hydrogen-bond donors (Lipinski definition) is 2. The van der Waals surface area contributed by atoms with Crippen LogP contribution in [0.15, 0.2) is 48.5 Å². The number of benzene rings is 2. The predicted octanol–water partition coefficient (Wildman–Crippen LogP) is 4.02. The lowest BCUT2D eigenvalue weighted by Gasteiger charge is -2.25. The number of ether oxygens (including phenoxy) is 1. The average molecular weight is 428 g/mol. The van der Waals surface area contributed by atoms with Crippen LogP contribution < -0.4 is 11.1 Å². The highest BCUT2D eigenvalue weighted by molar-refractivity contribution is 5.99. The minimum atomic E-state index is -0.908. The summed E-state index contributed by atoms with van der Waals surface area (Å²) in [6.45, 7) is 7.01. The molecular weight excluding hydrogens is 398 g/mol. The molecular formula is C23H29N3O5. The molecule has 0 amide bonds. The zero-order valence-corrected chi connectivity index (χ0v) is 18.3. The Hall–Kier alpha value is -3.26. The number of carbonyl (C=O) groups excluding carboxylic acids is 2. The van der Waals surface area contributed by atoms with E-state index in [1.807, 2.05) is 0 Å².